The maximum atomic E-state index is 10.6. The summed E-state index contributed by atoms with van der Waals surface area (Å²) in [6.07, 6.45) is 0.369. The number of rotatable bonds is 3. The Labute approximate surface area is 133 Å². The minimum Gasteiger partial charge on any atom is -0.475 e. The molecule has 2 N–H and O–H groups in total. The Balaban J connectivity index is 0.000000236. The SMILES string of the molecule is CNC1CC(c2ccc(C3CC3)c(C)c2)C1.O=C(O)C(F)(F)F. The second-order valence-corrected chi connectivity index (χ2v) is 6.35. The maximum Gasteiger partial charge on any atom is 0.490 e. The number of carboxylic acid groups (broad SMARTS) is 1. The number of hydrogen-bond donors (Lipinski definition) is 2. The number of carbonyl (C=O) groups is 1. The molecule has 0 atom stereocenters. The van der Waals surface area contributed by atoms with Crippen molar-refractivity contribution in [1.82, 2.24) is 5.32 Å². The molecule has 0 amide bonds. The number of nitrogens with one attached hydrogen (secondary N) is 1. The summed E-state index contributed by atoms with van der Waals surface area (Å²) < 4.78 is 31.7. The second-order valence-electron chi connectivity index (χ2n) is 6.35. The first-order valence-corrected chi connectivity index (χ1v) is 7.80. The predicted molar refractivity (Wildman–Crippen MR) is 81.7 cm³/mol. The van der Waals surface area contributed by atoms with E-state index in [1.807, 2.05) is 0 Å². The summed E-state index contributed by atoms with van der Waals surface area (Å²) >= 11 is 0. The van der Waals surface area contributed by atoms with Crippen molar-refractivity contribution in [2.75, 3.05) is 7.05 Å². The Morgan fingerprint density at radius 1 is 1.22 bits per heavy atom. The first-order chi connectivity index (χ1) is 10.7. The molecular weight excluding hydrogens is 307 g/mol. The Morgan fingerprint density at radius 2 is 1.78 bits per heavy atom. The summed E-state index contributed by atoms with van der Waals surface area (Å²) in [4.78, 5) is 8.90. The number of benzene rings is 1. The van der Waals surface area contributed by atoms with Crippen molar-refractivity contribution < 1.29 is 23.1 Å². The monoisotopic (exact) mass is 329 g/mol. The van der Waals surface area contributed by atoms with Crippen molar-refractivity contribution in [3.63, 3.8) is 0 Å². The fourth-order valence-corrected chi connectivity index (χ4v) is 2.93. The normalized spacial score (nSPS) is 23.5. The maximum absolute atomic E-state index is 10.6. The molecule has 2 aliphatic carbocycles. The number of halogens is 3. The number of carboxylic acids is 1. The molecule has 2 fully saturated rings. The van der Waals surface area contributed by atoms with Gasteiger partial charge in [0.05, 0.1) is 0 Å². The van der Waals surface area contributed by atoms with Crippen LogP contribution in [-0.4, -0.2) is 30.3 Å². The molecule has 0 spiro atoms. The highest BCUT2D eigenvalue weighted by atomic mass is 19.4. The molecule has 0 saturated heterocycles. The van der Waals surface area contributed by atoms with Crippen LogP contribution in [0.15, 0.2) is 18.2 Å². The Morgan fingerprint density at radius 3 is 2.17 bits per heavy atom. The Hall–Kier alpha value is -1.56. The fourth-order valence-electron chi connectivity index (χ4n) is 2.93. The van der Waals surface area contributed by atoms with Crippen LogP contribution in [0.2, 0.25) is 0 Å². The van der Waals surface area contributed by atoms with Crippen molar-refractivity contribution in [3.8, 4) is 0 Å². The van der Waals surface area contributed by atoms with E-state index in [0.29, 0.717) is 0 Å². The van der Waals surface area contributed by atoms with Crippen LogP contribution in [0.3, 0.4) is 0 Å². The number of aryl methyl sites for hydroxylation is 1. The summed E-state index contributed by atoms with van der Waals surface area (Å²) in [6.45, 7) is 2.28. The summed E-state index contributed by atoms with van der Waals surface area (Å²) in [5, 5.41) is 10.5. The molecular formula is C17H22F3NO2. The lowest BCUT2D eigenvalue weighted by molar-refractivity contribution is -0.192. The minimum atomic E-state index is -5.08. The van der Waals surface area contributed by atoms with Gasteiger partial charge in [-0.05, 0) is 68.2 Å². The van der Waals surface area contributed by atoms with Gasteiger partial charge in [-0.15, -0.1) is 0 Å². The number of aliphatic carboxylic acids is 1. The van der Waals surface area contributed by atoms with Crippen molar-refractivity contribution in [2.24, 2.45) is 0 Å². The van der Waals surface area contributed by atoms with Gasteiger partial charge in [0, 0.05) is 6.04 Å². The number of hydrogen-bond acceptors (Lipinski definition) is 2. The average molecular weight is 329 g/mol. The largest absolute Gasteiger partial charge is 0.490 e. The molecule has 2 saturated carbocycles. The third-order valence-electron chi connectivity index (χ3n) is 4.57. The van der Waals surface area contributed by atoms with Crippen molar-refractivity contribution in [1.29, 1.82) is 0 Å². The third kappa shape index (κ3) is 4.70. The van der Waals surface area contributed by atoms with Crippen molar-refractivity contribution >= 4 is 5.97 Å². The summed E-state index contributed by atoms with van der Waals surface area (Å²) in [5.41, 5.74) is 4.69. The van der Waals surface area contributed by atoms with Crippen LogP contribution < -0.4 is 5.32 Å². The fraction of sp³-hybridized carbons (Fsp3) is 0.588. The molecule has 0 aromatic heterocycles. The zero-order valence-corrected chi connectivity index (χ0v) is 13.3. The molecule has 1 aromatic carbocycles. The highest BCUT2D eigenvalue weighted by Gasteiger charge is 2.38. The highest BCUT2D eigenvalue weighted by Crippen LogP contribution is 2.43. The van der Waals surface area contributed by atoms with Gasteiger partial charge in [0.2, 0.25) is 0 Å². The highest BCUT2D eigenvalue weighted by molar-refractivity contribution is 5.73. The lowest BCUT2D eigenvalue weighted by atomic mass is 9.75. The van der Waals surface area contributed by atoms with Gasteiger partial charge in [0.25, 0.3) is 0 Å². The zero-order valence-electron chi connectivity index (χ0n) is 13.3. The van der Waals surface area contributed by atoms with E-state index in [4.69, 9.17) is 9.90 Å². The average Bonchev–Trinajstić information content (AvgIpc) is 3.21. The lowest BCUT2D eigenvalue weighted by Gasteiger charge is -2.35. The third-order valence-corrected chi connectivity index (χ3v) is 4.57. The van der Waals surface area contributed by atoms with Crippen LogP contribution in [-0.2, 0) is 4.79 Å². The molecule has 2 aliphatic rings. The van der Waals surface area contributed by atoms with E-state index in [9.17, 15) is 13.2 Å². The molecule has 0 radical (unpaired) electrons. The van der Waals surface area contributed by atoms with E-state index in [1.54, 1.807) is 11.1 Å². The quantitative estimate of drug-likeness (QED) is 0.882. The van der Waals surface area contributed by atoms with Crippen LogP contribution in [0.4, 0.5) is 13.2 Å². The minimum absolute atomic E-state index is 0.758. The van der Waals surface area contributed by atoms with Gasteiger partial charge in [0.1, 0.15) is 0 Å². The smallest absolute Gasteiger partial charge is 0.475 e. The topological polar surface area (TPSA) is 49.3 Å². The van der Waals surface area contributed by atoms with Gasteiger partial charge in [-0.3, -0.25) is 0 Å². The van der Waals surface area contributed by atoms with Crippen LogP contribution in [0.25, 0.3) is 0 Å². The molecule has 3 rings (SSSR count). The van der Waals surface area contributed by atoms with Crippen LogP contribution >= 0.6 is 0 Å². The van der Waals surface area contributed by atoms with Crippen molar-refractivity contribution in [2.45, 2.75) is 56.7 Å². The van der Waals surface area contributed by atoms with Gasteiger partial charge < -0.3 is 10.4 Å². The van der Waals surface area contributed by atoms with Crippen LogP contribution in [0.5, 0.6) is 0 Å². The van der Waals surface area contributed by atoms with E-state index >= 15 is 0 Å². The molecule has 0 bridgehead atoms. The van der Waals surface area contributed by atoms with Gasteiger partial charge in [-0.1, -0.05) is 18.2 Å². The van der Waals surface area contributed by atoms with E-state index < -0.39 is 12.1 Å². The van der Waals surface area contributed by atoms with Crippen LogP contribution in [0, 0.1) is 6.92 Å². The van der Waals surface area contributed by atoms with Crippen LogP contribution in [0.1, 0.15) is 54.2 Å². The van der Waals surface area contributed by atoms with E-state index in [2.05, 4.69) is 37.5 Å². The van der Waals surface area contributed by atoms with E-state index in [1.165, 1.54) is 31.2 Å². The summed E-state index contributed by atoms with van der Waals surface area (Å²) in [7, 11) is 2.07. The summed E-state index contributed by atoms with van der Waals surface area (Å²) in [5.74, 6) is -1.06. The van der Waals surface area contributed by atoms with Crippen molar-refractivity contribution in [3.05, 3.63) is 34.9 Å². The summed E-state index contributed by atoms with van der Waals surface area (Å²) in [6, 6.07) is 7.95. The molecule has 1 aromatic rings. The number of alkyl halides is 3. The first-order valence-electron chi connectivity index (χ1n) is 7.80. The van der Waals surface area contributed by atoms with Gasteiger partial charge in [-0.25, -0.2) is 4.79 Å². The molecule has 3 nitrogen and oxygen atoms in total. The molecule has 0 heterocycles. The molecule has 6 heteroatoms. The lowest BCUT2D eigenvalue weighted by Crippen LogP contribution is -2.37. The van der Waals surface area contributed by atoms with Gasteiger partial charge >= 0.3 is 12.1 Å². The van der Waals surface area contributed by atoms with E-state index in [0.717, 1.165) is 17.9 Å². The zero-order chi connectivity index (χ0) is 17.2. The second kappa shape index (κ2) is 6.91. The van der Waals surface area contributed by atoms with E-state index in [-0.39, 0.29) is 0 Å². The van der Waals surface area contributed by atoms with Gasteiger partial charge in [0.15, 0.2) is 0 Å². The standard InChI is InChI=1S/C15H21N.C2HF3O2/c1-10-7-12(13-8-14(9-13)16-2)5-6-15(10)11-3-4-11;3-2(4,5)1(6)7/h5-7,11,13-14,16H,3-4,8-9H2,1-2H3;(H,6,7). The molecule has 0 aliphatic heterocycles. The molecule has 23 heavy (non-hydrogen) atoms. The first kappa shape index (κ1) is 17.8. The Kier molecular flexibility index (Phi) is 5.34. The Bertz CT molecular complexity index is 561. The van der Waals surface area contributed by atoms with Gasteiger partial charge in [-0.2, -0.15) is 13.2 Å². The molecule has 128 valence electrons. The molecule has 0 unspecified atom stereocenters. The predicted octanol–water partition coefficient (Wildman–Crippen LogP) is 3.97.